The number of nitrogens with one attached hydrogen (secondary N) is 2. The number of hydrogen-bond acceptors (Lipinski definition) is 11. The van der Waals surface area contributed by atoms with Gasteiger partial charge in [0.15, 0.2) is 11.7 Å². The molecule has 1 aromatic carbocycles. The number of ether oxygens (including phenoxy) is 3. The number of rotatable bonds is 12. The summed E-state index contributed by atoms with van der Waals surface area (Å²) in [4.78, 5) is 67.5. The molecule has 2 atom stereocenters. The number of halogens is 6. The third-order valence-corrected chi connectivity index (χ3v) is 11.3. The maximum atomic E-state index is 13.5. The summed E-state index contributed by atoms with van der Waals surface area (Å²) in [7, 11) is 0. The maximum Gasteiger partial charge on any atom is 0.490 e. The summed E-state index contributed by atoms with van der Waals surface area (Å²) in [5.41, 5.74) is -2.49. The van der Waals surface area contributed by atoms with Crippen molar-refractivity contribution in [3.63, 3.8) is 0 Å². The van der Waals surface area contributed by atoms with Crippen LogP contribution in [0.3, 0.4) is 0 Å². The molecule has 1 spiro atoms. The SMILES string of the molecule is O=C(O)c1ccc(C(=O)N2CCOC3(CCN(Cc4cccc(CCNCC(OC(=O)C(F)(F)F)C5(OC(=O)C(F)(F)F)CC=Cc6[nH]c(=O)ccc65)c4)CC3)C2)s1. The molecule has 1 amide bonds. The Kier molecular flexibility index (Phi) is 12.5. The number of carbonyl (C=O) groups excluding carboxylic acids is 3. The van der Waals surface area contributed by atoms with E-state index in [0.29, 0.717) is 63.5 Å². The number of benzene rings is 1. The highest BCUT2D eigenvalue weighted by Gasteiger charge is 2.55. The van der Waals surface area contributed by atoms with Crippen molar-refractivity contribution in [1.29, 1.82) is 0 Å². The first-order chi connectivity index (χ1) is 27.4. The largest absolute Gasteiger partial charge is 0.490 e. The number of carbonyl (C=O) groups is 4. The van der Waals surface area contributed by atoms with Crippen LogP contribution in [0.25, 0.3) is 6.08 Å². The standard InChI is InChI=1S/C38H38F6N4O9S/c39-37(40,41)33(53)56-29(36(57-34(54)38(42,43)44)11-2-5-26-25(36)6-9-30(49)46-26)20-45-14-10-23-3-1-4-24(19-23)21-47-15-12-35(13-16-47)22-48(17-18-55-35)31(50)27-7-8-28(58-27)32(51)52/h1-9,19,29,45H,10-18,20-22H2,(H,46,49)(H,51,52). The summed E-state index contributed by atoms with van der Waals surface area (Å²) in [6.07, 6.45) is -9.76. The molecule has 2 aromatic heterocycles. The minimum atomic E-state index is -5.56. The number of alkyl halides is 6. The third-order valence-electron chi connectivity index (χ3n) is 10.3. The van der Waals surface area contributed by atoms with E-state index in [1.807, 2.05) is 24.3 Å². The summed E-state index contributed by atoms with van der Waals surface area (Å²) in [5, 5.41) is 12.1. The number of esters is 2. The monoisotopic (exact) mass is 840 g/mol. The van der Waals surface area contributed by atoms with Crippen LogP contribution in [0.5, 0.6) is 0 Å². The van der Waals surface area contributed by atoms with Gasteiger partial charge in [0.2, 0.25) is 5.56 Å². The molecule has 3 N–H and O–H groups in total. The van der Waals surface area contributed by atoms with Crippen LogP contribution in [-0.4, -0.2) is 114 Å². The zero-order valence-electron chi connectivity index (χ0n) is 30.6. The lowest BCUT2D eigenvalue weighted by Crippen LogP contribution is -2.57. The Morgan fingerprint density at radius 1 is 0.948 bits per heavy atom. The van der Waals surface area contributed by atoms with Crippen molar-refractivity contribution in [2.45, 2.75) is 61.9 Å². The highest BCUT2D eigenvalue weighted by Crippen LogP contribution is 2.42. The number of aromatic carboxylic acids is 1. The van der Waals surface area contributed by atoms with Crippen molar-refractivity contribution in [2.75, 3.05) is 45.9 Å². The second-order valence-electron chi connectivity index (χ2n) is 14.2. The first kappa shape index (κ1) is 42.6. The average Bonchev–Trinajstić information content (AvgIpc) is 3.67. The number of fused-ring (bicyclic) bond motifs is 1. The van der Waals surface area contributed by atoms with E-state index in [2.05, 4.69) is 15.2 Å². The Morgan fingerprint density at radius 2 is 1.66 bits per heavy atom. The molecule has 0 radical (unpaired) electrons. The summed E-state index contributed by atoms with van der Waals surface area (Å²) >= 11 is 0.936. The molecular formula is C38H38F6N4O9S. The van der Waals surface area contributed by atoms with Crippen LogP contribution in [-0.2, 0) is 42.4 Å². The topological polar surface area (TPSA) is 168 Å². The van der Waals surface area contributed by atoms with E-state index in [9.17, 15) is 55.4 Å². The molecule has 2 fully saturated rings. The fraction of sp³-hybridized carbons (Fsp3) is 0.447. The number of likely N-dealkylation sites (tertiary alicyclic amines) is 1. The maximum absolute atomic E-state index is 13.5. The average molecular weight is 841 g/mol. The van der Waals surface area contributed by atoms with Crippen molar-refractivity contribution in [1.82, 2.24) is 20.1 Å². The summed E-state index contributed by atoms with van der Waals surface area (Å²) in [5.74, 6) is -6.77. The van der Waals surface area contributed by atoms with Gasteiger partial charge in [-0.2, -0.15) is 26.3 Å². The third kappa shape index (κ3) is 9.79. The van der Waals surface area contributed by atoms with Crippen LogP contribution in [0.2, 0.25) is 0 Å². The molecule has 13 nitrogen and oxygen atoms in total. The van der Waals surface area contributed by atoms with Gasteiger partial charge in [0.1, 0.15) is 4.88 Å². The van der Waals surface area contributed by atoms with Gasteiger partial charge in [-0.1, -0.05) is 30.3 Å². The summed E-state index contributed by atoms with van der Waals surface area (Å²) in [6.45, 7) is 2.43. The van der Waals surface area contributed by atoms with Crippen LogP contribution in [0.1, 0.15) is 61.0 Å². The van der Waals surface area contributed by atoms with Gasteiger partial charge in [-0.3, -0.25) is 14.5 Å². The Bertz CT molecular complexity index is 2110. The fourth-order valence-electron chi connectivity index (χ4n) is 7.41. The molecule has 3 aliphatic rings. The van der Waals surface area contributed by atoms with Gasteiger partial charge in [0.25, 0.3) is 5.91 Å². The van der Waals surface area contributed by atoms with Crippen molar-refractivity contribution in [3.05, 3.63) is 97.1 Å². The second-order valence-corrected chi connectivity index (χ2v) is 15.3. The van der Waals surface area contributed by atoms with Crippen LogP contribution in [0.15, 0.2) is 59.4 Å². The molecule has 312 valence electrons. The lowest BCUT2D eigenvalue weighted by atomic mass is 9.80. The molecule has 0 bridgehead atoms. The van der Waals surface area contributed by atoms with E-state index in [1.165, 1.54) is 24.3 Å². The Balaban J connectivity index is 1.08. The highest BCUT2D eigenvalue weighted by atomic mass is 32.1. The number of aromatic amines is 1. The van der Waals surface area contributed by atoms with E-state index in [1.54, 1.807) is 4.90 Å². The first-order valence-corrected chi connectivity index (χ1v) is 18.9. The van der Waals surface area contributed by atoms with Crippen LogP contribution < -0.4 is 10.9 Å². The van der Waals surface area contributed by atoms with E-state index in [4.69, 9.17) is 14.2 Å². The van der Waals surface area contributed by atoms with Crippen LogP contribution in [0.4, 0.5) is 26.3 Å². The predicted molar refractivity (Wildman–Crippen MR) is 194 cm³/mol. The molecular weight excluding hydrogens is 802 g/mol. The number of amides is 1. The zero-order valence-corrected chi connectivity index (χ0v) is 31.4. The molecule has 2 aliphatic heterocycles. The Hall–Kier alpha value is -5.05. The first-order valence-electron chi connectivity index (χ1n) is 18.1. The smallest absolute Gasteiger partial charge is 0.477 e. The van der Waals surface area contributed by atoms with Crippen molar-refractivity contribution < 1.29 is 64.8 Å². The number of carboxylic acids is 1. The Morgan fingerprint density at radius 3 is 2.34 bits per heavy atom. The number of nitrogens with zero attached hydrogens (tertiary/aromatic N) is 2. The predicted octanol–water partition coefficient (Wildman–Crippen LogP) is 4.67. The van der Waals surface area contributed by atoms with Crippen molar-refractivity contribution in [2.24, 2.45) is 0 Å². The number of carboxylic acid groups (broad SMARTS) is 1. The molecule has 2 saturated heterocycles. The molecule has 2 unspecified atom stereocenters. The minimum absolute atomic E-state index is 0.0586. The Labute approximate surface area is 330 Å². The molecule has 20 heteroatoms. The van der Waals surface area contributed by atoms with E-state index >= 15 is 0 Å². The normalized spacial score (nSPS) is 20.0. The number of piperidine rings is 1. The van der Waals surface area contributed by atoms with Gasteiger partial charge >= 0.3 is 30.3 Å². The van der Waals surface area contributed by atoms with E-state index in [-0.39, 0.29) is 28.6 Å². The number of pyridine rings is 1. The van der Waals surface area contributed by atoms with Crippen molar-refractivity contribution in [3.8, 4) is 0 Å². The van der Waals surface area contributed by atoms with Gasteiger partial charge in [-0.15, -0.1) is 11.3 Å². The molecule has 0 saturated carbocycles. The number of morpholine rings is 1. The van der Waals surface area contributed by atoms with Gasteiger partial charge in [-0.05, 0) is 61.2 Å². The van der Waals surface area contributed by atoms with Gasteiger partial charge in [0.05, 0.1) is 23.6 Å². The zero-order chi connectivity index (χ0) is 41.9. The van der Waals surface area contributed by atoms with E-state index < -0.39 is 66.1 Å². The lowest BCUT2D eigenvalue weighted by molar-refractivity contribution is -0.237. The van der Waals surface area contributed by atoms with Crippen molar-refractivity contribution >= 4 is 41.2 Å². The fourth-order valence-corrected chi connectivity index (χ4v) is 8.22. The highest BCUT2D eigenvalue weighted by molar-refractivity contribution is 7.15. The lowest BCUT2D eigenvalue weighted by Gasteiger charge is -2.47. The van der Waals surface area contributed by atoms with Gasteiger partial charge in [-0.25, -0.2) is 14.4 Å². The quantitative estimate of drug-likeness (QED) is 0.132. The summed E-state index contributed by atoms with van der Waals surface area (Å²) < 4.78 is 96.7. The van der Waals surface area contributed by atoms with Crippen LogP contribution >= 0.6 is 11.3 Å². The second kappa shape index (κ2) is 17.0. The minimum Gasteiger partial charge on any atom is -0.477 e. The number of hydrogen-bond donors (Lipinski definition) is 3. The molecule has 3 aromatic rings. The summed E-state index contributed by atoms with van der Waals surface area (Å²) in [6, 6.07) is 12.3. The molecule has 4 heterocycles. The number of aromatic nitrogens is 1. The van der Waals surface area contributed by atoms with E-state index in [0.717, 1.165) is 34.6 Å². The number of H-pyrrole nitrogens is 1. The van der Waals surface area contributed by atoms with Gasteiger partial charge in [0, 0.05) is 56.5 Å². The number of thiophene rings is 1. The van der Waals surface area contributed by atoms with Crippen LogP contribution in [0, 0.1) is 0 Å². The molecule has 58 heavy (non-hydrogen) atoms. The molecule has 6 rings (SSSR count). The molecule has 1 aliphatic carbocycles. The van der Waals surface area contributed by atoms with Gasteiger partial charge < -0.3 is 34.5 Å².